The van der Waals surface area contributed by atoms with Crippen molar-refractivity contribution in [1.29, 1.82) is 0 Å². The SMILES string of the molecule is C[C@@H]1C[C@@H](C)[C@@H](C)S1. The van der Waals surface area contributed by atoms with Crippen molar-refractivity contribution in [3.8, 4) is 0 Å². The predicted octanol–water partition coefficient (Wildman–Crippen LogP) is 2.54. The summed E-state index contributed by atoms with van der Waals surface area (Å²) in [7, 11) is 0. The lowest BCUT2D eigenvalue weighted by atomic mass is 10.0. The Kier molecular flexibility index (Phi) is 1.86. The molecule has 48 valence electrons. The molecular formula is C7H14S. The molecule has 1 heterocycles. The number of hydrogen-bond donors (Lipinski definition) is 0. The van der Waals surface area contributed by atoms with E-state index in [0.29, 0.717) is 0 Å². The Balaban J connectivity index is 2.39. The summed E-state index contributed by atoms with van der Waals surface area (Å²) in [5.74, 6) is 0.954. The van der Waals surface area contributed by atoms with Crippen LogP contribution in [0.5, 0.6) is 0 Å². The molecule has 0 aromatic rings. The van der Waals surface area contributed by atoms with Crippen molar-refractivity contribution in [3.63, 3.8) is 0 Å². The van der Waals surface area contributed by atoms with Crippen LogP contribution in [0.4, 0.5) is 0 Å². The van der Waals surface area contributed by atoms with Crippen LogP contribution in [0.15, 0.2) is 0 Å². The molecule has 0 bridgehead atoms. The lowest BCUT2D eigenvalue weighted by Gasteiger charge is -2.04. The Labute approximate surface area is 56.0 Å². The number of hydrogen-bond acceptors (Lipinski definition) is 1. The Bertz CT molecular complexity index is 70.5. The molecule has 0 unspecified atom stereocenters. The molecule has 0 aliphatic carbocycles. The summed E-state index contributed by atoms with van der Waals surface area (Å²) < 4.78 is 0. The van der Waals surface area contributed by atoms with Crippen molar-refractivity contribution in [2.75, 3.05) is 0 Å². The van der Waals surface area contributed by atoms with Crippen LogP contribution in [0.1, 0.15) is 27.2 Å². The van der Waals surface area contributed by atoms with Gasteiger partial charge in [0.15, 0.2) is 0 Å². The molecule has 1 rings (SSSR count). The highest BCUT2D eigenvalue weighted by Crippen LogP contribution is 2.37. The average molecular weight is 130 g/mol. The van der Waals surface area contributed by atoms with Gasteiger partial charge < -0.3 is 0 Å². The molecule has 0 spiro atoms. The van der Waals surface area contributed by atoms with E-state index >= 15 is 0 Å². The third-order valence-corrected chi connectivity index (χ3v) is 3.50. The summed E-state index contributed by atoms with van der Waals surface area (Å²) in [6.45, 7) is 7.00. The zero-order valence-electron chi connectivity index (χ0n) is 5.85. The van der Waals surface area contributed by atoms with E-state index in [0.717, 1.165) is 16.4 Å². The van der Waals surface area contributed by atoms with E-state index in [-0.39, 0.29) is 0 Å². The first-order chi connectivity index (χ1) is 3.70. The molecule has 0 amide bonds. The maximum Gasteiger partial charge on any atom is 0.00474 e. The topological polar surface area (TPSA) is 0 Å². The van der Waals surface area contributed by atoms with Crippen molar-refractivity contribution in [1.82, 2.24) is 0 Å². The van der Waals surface area contributed by atoms with Crippen LogP contribution in [0.25, 0.3) is 0 Å². The molecular weight excluding hydrogens is 116 g/mol. The highest BCUT2D eigenvalue weighted by atomic mass is 32.2. The van der Waals surface area contributed by atoms with E-state index in [2.05, 4.69) is 32.5 Å². The van der Waals surface area contributed by atoms with Crippen LogP contribution in [-0.4, -0.2) is 10.5 Å². The molecule has 0 aromatic carbocycles. The van der Waals surface area contributed by atoms with Crippen molar-refractivity contribution in [2.45, 2.75) is 37.7 Å². The first-order valence-corrected chi connectivity index (χ1v) is 4.30. The minimum atomic E-state index is 0.907. The summed E-state index contributed by atoms with van der Waals surface area (Å²) in [5, 5.41) is 1.82. The van der Waals surface area contributed by atoms with Gasteiger partial charge in [0, 0.05) is 10.5 Å². The van der Waals surface area contributed by atoms with E-state index in [9.17, 15) is 0 Å². The molecule has 1 heteroatoms. The summed E-state index contributed by atoms with van der Waals surface area (Å²) in [6.07, 6.45) is 1.42. The van der Waals surface area contributed by atoms with E-state index in [1.165, 1.54) is 6.42 Å². The van der Waals surface area contributed by atoms with Crippen LogP contribution < -0.4 is 0 Å². The normalized spacial score (nSPS) is 47.6. The van der Waals surface area contributed by atoms with Gasteiger partial charge in [0.05, 0.1) is 0 Å². The number of thioether (sulfide) groups is 1. The zero-order chi connectivity index (χ0) is 6.15. The third-order valence-electron chi connectivity index (χ3n) is 1.95. The third kappa shape index (κ3) is 1.19. The van der Waals surface area contributed by atoms with Crippen LogP contribution in [-0.2, 0) is 0 Å². The van der Waals surface area contributed by atoms with Gasteiger partial charge in [0.25, 0.3) is 0 Å². The zero-order valence-corrected chi connectivity index (χ0v) is 6.66. The molecule has 1 aliphatic heterocycles. The Morgan fingerprint density at radius 3 is 2.00 bits per heavy atom. The van der Waals surface area contributed by atoms with Crippen molar-refractivity contribution >= 4 is 11.8 Å². The molecule has 0 nitrogen and oxygen atoms in total. The highest BCUT2D eigenvalue weighted by Gasteiger charge is 2.24. The highest BCUT2D eigenvalue weighted by molar-refractivity contribution is 8.00. The molecule has 8 heavy (non-hydrogen) atoms. The molecule has 1 saturated heterocycles. The second-order valence-electron chi connectivity index (χ2n) is 2.86. The van der Waals surface area contributed by atoms with Gasteiger partial charge >= 0.3 is 0 Å². The molecule has 3 atom stereocenters. The van der Waals surface area contributed by atoms with Crippen molar-refractivity contribution in [2.24, 2.45) is 5.92 Å². The summed E-state index contributed by atoms with van der Waals surface area (Å²) in [6, 6.07) is 0. The van der Waals surface area contributed by atoms with E-state index in [4.69, 9.17) is 0 Å². The molecule has 0 saturated carbocycles. The molecule has 0 N–H and O–H groups in total. The molecule has 0 aromatic heterocycles. The fourth-order valence-corrected chi connectivity index (χ4v) is 2.80. The Hall–Kier alpha value is 0.350. The summed E-state index contributed by atoms with van der Waals surface area (Å²) in [5.41, 5.74) is 0. The maximum absolute atomic E-state index is 2.35. The van der Waals surface area contributed by atoms with Crippen LogP contribution >= 0.6 is 11.8 Å². The lowest BCUT2D eigenvalue weighted by molar-refractivity contribution is 0.562. The van der Waals surface area contributed by atoms with Crippen LogP contribution in [0.2, 0.25) is 0 Å². The first kappa shape index (κ1) is 6.47. The predicted molar refractivity (Wildman–Crippen MR) is 40.3 cm³/mol. The van der Waals surface area contributed by atoms with E-state index < -0.39 is 0 Å². The smallest absolute Gasteiger partial charge is 0.00474 e. The maximum atomic E-state index is 2.35. The van der Waals surface area contributed by atoms with E-state index in [1.54, 1.807) is 0 Å². The second-order valence-corrected chi connectivity index (χ2v) is 4.69. The molecule has 1 aliphatic rings. The molecule has 0 radical (unpaired) electrons. The minimum Gasteiger partial charge on any atom is -0.155 e. The fraction of sp³-hybridized carbons (Fsp3) is 1.00. The standard InChI is InChI=1S/C7H14S/c1-5-4-6(2)8-7(5)3/h5-7H,4H2,1-3H3/t5-,6-,7-/m1/s1. The van der Waals surface area contributed by atoms with Gasteiger partial charge in [-0.3, -0.25) is 0 Å². The average Bonchev–Trinajstić information content (AvgIpc) is 1.85. The van der Waals surface area contributed by atoms with Gasteiger partial charge in [-0.15, -0.1) is 0 Å². The number of rotatable bonds is 0. The van der Waals surface area contributed by atoms with Gasteiger partial charge in [-0.1, -0.05) is 20.8 Å². The van der Waals surface area contributed by atoms with Gasteiger partial charge in [0.2, 0.25) is 0 Å². The minimum absolute atomic E-state index is 0.907. The summed E-state index contributed by atoms with van der Waals surface area (Å²) >= 11 is 2.13. The Morgan fingerprint density at radius 1 is 1.25 bits per heavy atom. The Morgan fingerprint density at radius 2 is 1.88 bits per heavy atom. The van der Waals surface area contributed by atoms with Gasteiger partial charge in [-0.05, 0) is 12.3 Å². The van der Waals surface area contributed by atoms with Crippen LogP contribution in [0.3, 0.4) is 0 Å². The van der Waals surface area contributed by atoms with Crippen molar-refractivity contribution in [3.05, 3.63) is 0 Å². The molecule has 1 fully saturated rings. The van der Waals surface area contributed by atoms with E-state index in [1.807, 2.05) is 0 Å². The van der Waals surface area contributed by atoms with Gasteiger partial charge in [-0.25, -0.2) is 0 Å². The van der Waals surface area contributed by atoms with Gasteiger partial charge in [-0.2, -0.15) is 11.8 Å². The van der Waals surface area contributed by atoms with Crippen molar-refractivity contribution < 1.29 is 0 Å². The van der Waals surface area contributed by atoms with Crippen LogP contribution in [0, 0.1) is 5.92 Å². The quantitative estimate of drug-likeness (QED) is 0.485. The second kappa shape index (κ2) is 2.30. The fourth-order valence-electron chi connectivity index (χ4n) is 1.27. The summed E-state index contributed by atoms with van der Waals surface area (Å²) in [4.78, 5) is 0. The largest absolute Gasteiger partial charge is 0.155 e. The first-order valence-electron chi connectivity index (χ1n) is 3.35. The van der Waals surface area contributed by atoms with Gasteiger partial charge in [0.1, 0.15) is 0 Å². The lowest BCUT2D eigenvalue weighted by Crippen LogP contribution is -2.00. The monoisotopic (exact) mass is 130 g/mol.